The molecule has 3 rings (SSSR count). The highest BCUT2D eigenvalue weighted by Gasteiger charge is 2.18. The van der Waals surface area contributed by atoms with Gasteiger partial charge in [-0.25, -0.2) is 0 Å². The summed E-state index contributed by atoms with van der Waals surface area (Å²) in [6, 6.07) is 13.2. The van der Waals surface area contributed by atoms with E-state index in [1.54, 1.807) is 7.11 Å². The summed E-state index contributed by atoms with van der Waals surface area (Å²) in [4.78, 5) is 0. The Morgan fingerprint density at radius 2 is 1.83 bits per heavy atom. The smallest absolute Gasteiger partial charge is 0.123 e. The number of ether oxygens (including phenoxy) is 1. The summed E-state index contributed by atoms with van der Waals surface area (Å²) >= 11 is 3.54. The predicted octanol–water partition coefficient (Wildman–Crippen LogP) is 4.36. The first-order valence-electron chi connectivity index (χ1n) is 6.17. The van der Waals surface area contributed by atoms with Gasteiger partial charge in [-0.2, -0.15) is 0 Å². The SMILES string of the molecule is COc1cc2c(cc1CBr)-c1ccccc1CC2. The molecule has 0 amide bonds. The molecule has 1 aliphatic carbocycles. The molecule has 2 aromatic carbocycles. The third-order valence-electron chi connectivity index (χ3n) is 3.62. The zero-order valence-corrected chi connectivity index (χ0v) is 12.0. The quantitative estimate of drug-likeness (QED) is 0.749. The Balaban J connectivity index is 2.21. The van der Waals surface area contributed by atoms with Gasteiger partial charge < -0.3 is 4.74 Å². The third kappa shape index (κ3) is 1.85. The van der Waals surface area contributed by atoms with Crippen LogP contribution in [0.3, 0.4) is 0 Å². The van der Waals surface area contributed by atoms with Crippen LogP contribution in [0.1, 0.15) is 16.7 Å². The molecule has 0 spiro atoms. The van der Waals surface area contributed by atoms with Crippen molar-refractivity contribution in [2.45, 2.75) is 18.2 Å². The maximum Gasteiger partial charge on any atom is 0.123 e. The topological polar surface area (TPSA) is 9.23 Å². The van der Waals surface area contributed by atoms with Crippen molar-refractivity contribution in [3.63, 3.8) is 0 Å². The van der Waals surface area contributed by atoms with Gasteiger partial charge in [-0.15, -0.1) is 0 Å². The molecule has 0 saturated heterocycles. The normalized spacial score (nSPS) is 12.8. The Kier molecular flexibility index (Phi) is 3.13. The molecule has 0 saturated carbocycles. The van der Waals surface area contributed by atoms with Crippen LogP contribution in [0.4, 0.5) is 0 Å². The first kappa shape index (κ1) is 11.8. The molecule has 0 aromatic heterocycles. The van der Waals surface area contributed by atoms with Gasteiger partial charge in [-0.3, -0.25) is 0 Å². The van der Waals surface area contributed by atoms with E-state index in [1.807, 2.05) is 0 Å². The van der Waals surface area contributed by atoms with Crippen LogP contribution in [0.5, 0.6) is 5.75 Å². The second-order valence-corrected chi connectivity index (χ2v) is 5.17. The molecule has 2 heteroatoms. The highest BCUT2D eigenvalue weighted by Crippen LogP contribution is 2.37. The van der Waals surface area contributed by atoms with E-state index in [9.17, 15) is 0 Å². The molecular weight excluding hydrogens is 288 g/mol. The zero-order chi connectivity index (χ0) is 12.5. The Morgan fingerprint density at radius 3 is 2.61 bits per heavy atom. The van der Waals surface area contributed by atoms with Crippen molar-refractivity contribution in [3.05, 3.63) is 53.1 Å². The number of rotatable bonds is 2. The zero-order valence-electron chi connectivity index (χ0n) is 10.4. The Morgan fingerprint density at radius 1 is 1.06 bits per heavy atom. The Labute approximate surface area is 116 Å². The number of hydrogen-bond acceptors (Lipinski definition) is 1. The number of fused-ring (bicyclic) bond motifs is 3. The molecule has 0 atom stereocenters. The molecule has 92 valence electrons. The third-order valence-corrected chi connectivity index (χ3v) is 4.23. The van der Waals surface area contributed by atoms with Crippen molar-refractivity contribution in [1.29, 1.82) is 0 Å². The lowest BCUT2D eigenvalue weighted by Crippen LogP contribution is -2.05. The van der Waals surface area contributed by atoms with Gasteiger partial charge in [0.1, 0.15) is 5.75 Å². The summed E-state index contributed by atoms with van der Waals surface area (Å²) < 4.78 is 5.46. The predicted molar refractivity (Wildman–Crippen MR) is 78.5 cm³/mol. The van der Waals surface area contributed by atoms with E-state index in [0.29, 0.717) is 0 Å². The van der Waals surface area contributed by atoms with E-state index in [2.05, 4.69) is 52.3 Å². The maximum absolute atomic E-state index is 5.46. The molecular formula is C16H15BrO. The van der Waals surface area contributed by atoms with Crippen LogP contribution in [0.2, 0.25) is 0 Å². The van der Waals surface area contributed by atoms with Crippen LogP contribution in [0.15, 0.2) is 36.4 Å². The van der Waals surface area contributed by atoms with Gasteiger partial charge in [0.05, 0.1) is 7.11 Å². The summed E-state index contributed by atoms with van der Waals surface area (Å²) in [5.41, 5.74) is 6.81. The monoisotopic (exact) mass is 302 g/mol. The van der Waals surface area contributed by atoms with Crippen molar-refractivity contribution in [2.24, 2.45) is 0 Å². The van der Waals surface area contributed by atoms with E-state index in [4.69, 9.17) is 4.74 Å². The fourth-order valence-electron chi connectivity index (χ4n) is 2.69. The molecule has 2 aromatic rings. The highest BCUT2D eigenvalue weighted by atomic mass is 79.9. The number of benzene rings is 2. The van der Waals surface area contributed by atoms with Gasteiger partial charge in [0.25, 0.3) is 0 Å². The minimum absolute atomic E-state index is 0.825. The van der Waals surface area contributed by atoms with E-state index in [1.165, 1.54) is 27.8 Å². The first-order chi connectivity index (χ1) is 8.83. The van der Waals surface area contributed by atoms with Crippen LogP contribution < -0.4 is 4.74 Å². The maximum atomic E-state index is 5.46. The number of aryl methyl sites for hydroxylation is 2. The summed E-state index contributed by atoms with van der Waals surface area (Å²) in [7, 11) is 1.74. The summed E-state index contributed by atoms with van der Waals surface area (Å²) in [5, 5.41) is 0.825. The molecule has 0 fully saturated rings. The van der Waals surface area contributed by atoms with Gasteiger partial charge in [0.2, 0.25) is 0 Å². The van der Waals surface area contributed by atoms with Gasteiger partial charge in [-0.05, 0) is 47.2 Å². The Hall–Kier alpha value is -1.28. The Bertz CT molecular complexity index is 590. The molecule has 0 N–H and O–H groups in total. The average Bonchev–Trinajstić information content (AvgIpc) is 2.45. The molecule has 1 nitrogen and oxygen atoms in total. The number of methoxy groups -OCH3 is 1. The lowest BCUT2D eigenvalue weighted by atomic mass is 9.84. The minimum atomic E-state index is 0.825. The van der Waals surface area contributed by atoms with Crippen molar-refractivity contribution >= 4 is 15.9 Å². The van der Waals surface area contributed by atoms with E-state index >= 15 is 0 Å². The number of alkyl halides is 1. The largest absolute Gasteiger partial charge is 0.496 e. The lowest BCUT2D eigenvalue weighted by molar-refractivity contribution is 0.411. The van der Waals surface area contributed by atoms with Gasteiger partial charge >= 0.3 is 0 Å². The van der Waals surface area contributed by atoms with Crippen molar-refractivity contribution in [3.8, 4) is 16.9 Å². The van der Waals surface area contributed by atoms with Gasteiger partial charge in [0, 0.05) is 10.9 Å². The standard InChI is InChI=1S/C16H15BrO/c1-18-16-9-12-7-6-11-4-2-3-5-14(11)15(12)8-13(16)10-17/h2-5,8-9H,6-7,10H2,1H3. The van der Waals surface area contributed by atoms with E-state index in [-0.39, 0.29) is 0 Å². The van der Waals surface area contributed by atoms with Crippen molar-refractivity contribution in [1.82, 2.24) is 0 Å². The second-order valence-electron chi connectivity index (χ2n) is 4.61. The van der Waals surface area contributed by atoms with Crippen LogP contribution >= 0.6 is 15.9 Å². The van der Waals surface area contributed by atoms with Crippen LogP contribution in [0, 0.1) is 0 Å². The molecule has 18 heavy (non-hydrogen) atoms. The van der Waals surface area contributed by atoms with E-state index < -0.39 is 0 Å². The second kappa shape index (κ2) is 4.77. The summed E-state index contributed by atoms with van der Waals surface area (Å²) in [6.07, 6.45) is 2.23. The van der Waals surface area contributed by atoms with Crippen LogP contribution in [0.25, 0.3) is 11.1 Å². The van der Waals surface area contributed by atoms with Crippen LogP contribution in [-0.4, -0.2) is 7.11 Å². The number of halogens is 1. The summed E-state index contributed by atoms with van der Waals surface area (Å²) in [5.74, 6) is 0.991. The molecule has 0 heterocycles. The fraction of sp³-hybridized carbons (Fsp3) is 0.250. The van der Waals surface area contributed by atoms with Crippen molar-refractivity contribution < 1.29 is 4.74 Å². The fourth-order valence-corrected chi connectivity index (χ4v) is 3.13. The molecule has 0 bridgehead atoms. The van der Waals surface area contributed by atoms with Gasteiger partial charge in [0.15, 0.2) is 0 Å². The molecule has 0 aliphatic heterocycles. The molecule has 1 aliphatic rings. The lowest BCUT2D eigenvalue weighted by Gasteiger charge is -2.21. The highest BCUT2D eigenvalue weighted by molar-refractivity contribution is 9.08. The number of hydrogen-bond donors (Lipinski definition) is 0. The summed E-state index contributed by atoms with van der Waals surface area (Å²) in [6.45, 7) is 0. The average molecular weight is 303 g/mol. The molecule has 0 radical (unpaired) electrons. The van der Waals surface area contributed by atoms with Crippen molar-refractivity contribution in [2.75, 3.05) is 7.11 Å². The van der Waals surface area contributed by atoms with E-state index in [0.717, 1.165) is 23.9 Å². The van der Waals surface area contributed by atoms with Crippen LogP contribution in [-0.2, 0) is 18.2 Å². The first-order valence-corrected chi connectivity index (χ1v) is 7.29. The van der Waals surface area contributed by atoms with Gasteiger partial charge in [-0.1, -0.05) is 40.2 Å². The molecule has 0 unspecified atom stereocenters. The minimum Gasteiger partial charge on any atom is -0.496 e.